The molecule has 0 aliphatic heterocycles. The first kappa shape index (κ1) is 32.8. The number of aromatic nitrogens is 3. The Morgan fingerprint density at radius 2 is 1.33 bits per heavy atom. The van der Waals surface area contributed by atoms with Crippen LogP contribution >= 0.6 is 11.3 Å². The molecule has 0 saturated heterocycles. The molecule has 4 aromatic heterocycles. The van der Waals surface area contributed by atoms with Crippen LogP contribution < -0.4 is 5.19 Å². The Morgan fingerprint density at radius 1 is 0.592 bits per heavy atom. The second-order valence-corrected chi connectivity index (χ2v) is 19.1. The van der Waals surface area contributed by atoms with E-state index < -0.39 is 8.07 Å². The predicted molar refractivity (Wildman–Crippen MR) is 207 cm³/mol. The molecule has 0 spiro atoms. The quantitative estimate of drug-likeness (QED) is 0.131. The van der Waals surface area contributed by atoms with Crippen LogP contribution in [0.4, 0.5) is 0 Å². The molecule has 0 bridgehead atoms. The van der Waals surface area contributed by atoms with Crippen LogP contribution in [0.15, 0.2) is 146 Å². The zero-order chi connectivity index (χ0) is 32.7. The van der Waals surface area contributed by atoms with Crippen LogP contribution in [0.1, 0.15) is 0 Å². The van der Waals surface area contributed by atoms with Gasteiger partial charge in [0.05, 0.1) is 13.6 Å². The van der Waals surface area contributed by atoms with Gasteiger partial charge in [-0.15, -0.1) is 59.7 Å². The summed E-state index contributed by atoms with van der Waals surface area (Å²) < 4.78 is 4.87. The molecule has 0 aliphatic carbocycles. The molecule has 0 aliphatic rings. The van der Waals surface area contributed by atoms with Crippen molar-refractivity contribution in [1.29, 1.82) is 0 Å². The van der Waals surface area contributed by atoms with Crippen LogP contribution in [-0.2, 0) is 20.1 Å². The summed E-state index contributed by atoms with van der Waals surface area (Å²) in [6.07, 6.45) is 4.04. The van der Waals surface area contributed by atoms with Gasteiger partial charge in [0.1, 0.15) is 0 Å². The van der Waals surface area contributed by atoms with E-state index >= 15 is 0 Å². The first-order valence-corrected chi connectivity index (χ1v) is 20.5. The summed E-state index contributed by atoms with van der Waals surface area (Å²) in [5.41, 5.74) is 7.59. The van der Waals surface area contributed by atoms with Crippen molar-refractivity contribution >= 4 is 66.6 Å². The normalized spacial score (nSPS) is 11.4. The van der Waals surface area contributed by atoms with Crippen LogP contribution in [-0.4, -0.2) is 22.6 Å². The monoisotopic (exact) mass is 844 g/mol. The Bertz CT molecular complexity index is 2530. The summed E-state index contributed by atoms with van der Waals surface area (Å²) in [6, 6.07) is 53.0. The third kappa shape index (κ3) is 6.29. The van der Waals surface area contributed by atoms with Gasteiger partial charge in [0.25, 0.3) is 0 Å². The SMILES string of the molecule is C[Si](C)(C)c1ccc(-c2[c-]cccc2)nc1.[Ir].[c-]1ccc2c(sc3ccccc32)c1-c1cc2c(cn1)c1ccccc1n2-c1ccccc1. The molecule has 1 radical (unpaired) electrons. The standard InChI is InChI=1S/C29H17N2S.C14H16NSi.Ir/c1-2-9-19(10-3-1)31-26-15-6-4-11-20(26)24-18-30-25(17-27(24)31)23-14-8-13-22-21-12-5-7-16-28(21)32-29(22)23;1-16(2,3)13-9-10-14(15-11-13)12-7-5-4-6-8-12;/h1-13,15-18H;4-7,9-11H,1-3H3;/q2*-1;. The summed E-state index contributed by atoms with van der Waals surface area (Å²) in [5, 5.41) is 6.34. The first-order chi connectivity index (χ1) is 23.5. The minimum absolute atomic E-state index is 0. The smallest absolute Gasteiger partial charge is 0.0795 e. The van der Waals surface area contributed by atoms with Gasteiger partial charge in [-0.3, -0.25) is 0 Å². The first-order valence-electron chi connectivity index (χ1n) is 16.2. The van der Waals surface area contributed by atoms with Crippen molar-refractivity contribution in [2.75, 3.05) is 0 Å². The zero-order valence-electron chi connectivity index (χ0n) is 27.4. The maximum atomic E-state index is 4.92. The topological polar surface area (TPSA) is 30.7 Å². The number of fused-ring (bicyclic) bond motifs is 6. The molecule has 3 nitrogen and oxygen atoms in total. The fourth-order valence-electron chi connectivity index (χ4n) is 6.29. The van der Waals surface area contributed by atoms with Crippen molar-refractivity contribution in [2.24, 2.45) is 0 Å². The average Bonchev–Trinajstić information content (AvgIpc) is 3.68. The third-order valence-corrected chi connectivity index (χ3v) is 12.0. The van der Waals surface area contributed by atoms with E-state index in [9.17, 15) is 0 Å². The van der Waals surface area contributed by atoms with E-state index in [2.05, 4.69) is 144 Å². The van der Waals surface area contributed by atoms with E-state index in [-0.39, 0.29) is 20.1 Å². The summed E-state index contributed by atoms with van der Waals surface area (Å²) >= 11 is 1.82. The molecule has 0 N–H and O–H groups in total. The molecule has 0 saturated carbocycles. The van der Waals surface area contributed by atoms with E-state index in [4.69, 9.17) is 4.98 Å². The molecule has 9 rings (SSSR count). The molecule has 0 amide bonds. The molecule has 241 valence electrons. The molecule has 0 unspecified atom stereocenters. The van der Waals surface area contributed by atoms with Crippen LogP contribution in [0.3, 0.4) is 0 Å². The fraction of sp³-hybridized carbons (Fsp3) is 0.0698. The van der Waals surface area contributed by atoms with Crippen LogP contribution in [0.25, 0.3) is 70.2 Å². The predicted octanol–water partition coefficient (Wildman–Crippen LogP) is 11.1. The second kappa shape index (κ2) is 13.7. The molecule has 9 aromatic rings. The molecule has 6 heteroatoms. The molecule has 0 fully saturated rings. The van der Waals surface area contributed by atoms with Crippen molar-refractivity contribution in [3.8, 4) is 28.2 Å². The van der Waals surface area contributed by atoms with Crippen molar-refractivity contribution in [1.82, 2.24) is 14.5 Å². The Labute approximate surface area is 305 Å². The number of hydrogen-bond donors (Lipinski definition) is 0. The average molecular weight is 844 g/mol. The Kier molecular flexibility index (Phi) is 9.15. The van der Waals surface area contributed by atoms with Crippen molar-refractivity contribution in [3.63, 3.8) is 0 Å². The van der Waals surface area contributed by atoms with Gasteiger partial charge in [-0.05, 0) is 50.9 Å². The van der Waals surface area contributed by atoms with Gasteiger partial charge < -0.3 is 14.5 Å². The number of benzene rings is 5. The van der Waals surface area contributed by atoms with E-state index in [1.165, 1.54) is 36.3 Å². The maximum Gasteiger partial charge on any atom is 0.0795 e. The number of hydrogen-bond acceptors (Lipinski definition) is 3. The maximum absolute atomic E-state index is 4.92. The minimum atomic E-state index is -1.23. The molecule has 5 aromatic carbocycles. The fourth-order valence-corrected chi connectivity index (χ4v) is 8.53. The Hall–Kier alpha value is -4.71. The molecular formula is C43H33IrN3SSi-2. The van der Waals surface area contributed by atoms with Gasteiger partial charge in [0.15, 0.2) is 0 Å². The molecule has 49 heavy (non-hydrogen) atoms. The Morgan fingerprint density at radius 3 is 2.08 bits per heavy atom. The van der Waals surface area contributed by atoms with E-state index in [1.54, 1.807) is 0 Å². The largest absolute Gasteiger partial charge is 0.310 e. The number of thiophene rings is 1. The van der Waals surface area contributed by atoms with Crippen LogP contribution in [0.5, 0.6) is 0 Å². The molecule has 4 heterocycles. The summed E-state index contributed by atoms with van der Waals surface area (Å²) in [6.45, 7) is 7.00. The number of pyridine rings is 2. The van der Waals surface area contributed by atoms with Gasteiger partial charge in [-0.2, -0.15) is 11.3 Å². The molecule has 0 atom stereocenters. The van der Waals surface area contributed by atoms with Crippen molar-refractivity contribution in [2.45, 2.75) is 19.6 Å². The van der Waals surface area contributed by atoms with E-state index in [0.717, 1.165) is 39.1 Å². The van der Waals surface area contributed by atoms with Gasteiger partial charge in [-0.25, -0.2) is 0 Å². The van der Waals surface area contributed by atoms with Crippen molar-refractivity contribution in [3.05, 3.63) is 158 Å². The van der Waals surface area contributed by atoms with Crippen LogP contribution in [0.2, 0.25) is 19.6 Å². The van der Waals surface area contributed by atoms with Gasteiger partial charge in [0.2, 0.25) is 0 Å². The van der Waals surface area contributed by atoms with E-state index in [1.807, 2.05) is 54.1 Å². The summed E-state index contributed by atoms with van der Waals surface area (Å²) in [5.74, 6) is 0. The zero-order valence-corrected chi connectivity index (χ0v) is 31.7. The van der Waals surface area contributed by atoms with Gasteiger partial charge in [-0.1, -0.05) is 97.8 Å². The second-order valence-electron chi connectivity index (χ2n) is 12.9. The van der Waals surface area contributed by atoms with E-state index in [0.29, 0.717) is 0 Å². The summed E-state index contributed by atoms with van der Waals surface area (Å²) in [4.78, 5) is 9.44. The van der Waals surface area contributed by atoms with Crippen molar-refractivity contribution < 1.29 is 20.1 Å². The Balaban J connectivity index is 0.000000189. The summed E-state index contributed by atoms with van der Waals surface area (Å²) in [7, 11) is -1.23. The number of nitrogens with zero attached hydrogens (tertiary/aromatic N) is 3. The number of para-hydroxylation sites is 2. The van der Waals surface area contributed by atoms with Crippen LogP contribution in [0, 0.1) is 12.1 Å². The minimum Gasteiger partial charge on any atom is -0.310 e. The van der Waals surface area contributed by atoms with Gasteiger partial charge in [0, 0.05) is 59.2 Å². The molecular weight excluding hydrogens is 811 g/mol. The third-order valence-electron chi connectivity index (χ3n) is 8.78. The number of rotatable bonds is 4. The van der Waals surface area contributed by atoms with Gasteiger partial charge >= 0.3 is 0 Å².